The van der Waals surface area contributed by atoms with Gasteiger partial charge in [0.05, 0.1) is 0 Å². The SMILES string of the molecule is CN1[CH-]N(c2[c-]c(Oc3[c-]c4c(cc3)c3cc(-c5cccnc5)ccc3n4-c3cc(C(C)(C)C)ccn3)ncc2)c2ccccc21.[Pt]. The number of anilines is 3. The maximum absolute atomic E-state index is 6.34. The minimum atomic E-state index is -0.0312. The molecule has 0 spiro atoms. The number of fused-ring (bicyclic) bond motifs is 4. The van der Waals surface area contributed by atoms with Gasteiger partial charge in [-0.3, -0.25) is 9.97 Å². The molecule has 1 aliphatic rings. The summed E-state index contributed by atoms with van der Waals surface area (Å²) in [5.74, 6) is 1.73. The topological polar surface area (TPSA) is 59.3 Å². The molecule has 3 aromatic carbocycles. The van der Waals surface area contributed by atoms with E-state index in [-0.39, 0.29) is 26.5 Å². The summed E-state index contributed by atoms with van der Waals surface area (Å²) in [6.45, 7) is 8.68. The first-order valence-corrected chi connectivity index (χ1v) is 15.2. The quantitative estimate of drug-likeness (QED) is 0.162. The van der Waals surface area contributed by atoms with Gasteiger partial charge < -0.3 is 19.1 Å². The van der Waals surface area contributed by atoms with Gasteiger partial charge >= 0.3 is 0 Å². The Labute approximate surface area is 288 Å². The fraction of sp³-hybridized carbons (Fsp3) is 0.128. The maximum Gasteiger partial charge on any atom is 0.135 e. The number of hydrogen-bond donors (Lipinski definition) is 0. The third kappa shape index (κ3) is 5.55. The summed E-state index contributed by atoms with van der Waals surface area (Å²) in [5, 5.41) is 2.15. The molecule has 5 heterocycles. The molecule has 1 aliphatic heterocycles. The van der Waals surface area contributed by atoms with Crippen LogP contribution in [0.2, 0.25) is 0 Å². The monoisotopic (exact) mass is 794 g/mol. The van der Waals surface area contributed by atoms with Crippen molar-refractivity contribution < 1.29 is 25.8 Å². The van der Waals surface area contributed by atoms with Crippen molar-refractivity contribution in [1.29, 1.82) is 0 Å². The Morgan fingerprint density at radius 2 is 1.60 bits per heavy atom. The molecular weight excluding hydrogens is 764 g/mol. The van der Waals surface area contributed by atoms with Gasteiger partial charge in [0.25, 0.3) is 0 Å². The van der Waals surface area contributed by atoms with E-state index in [2.05, 4.69) is 112 Å². The molecule has 0 aliphatic carbocycles. The van der Waals surface area contributed by atoms with Crippen LogP contribution in [0.5, 0.6) is 11.6 Å². The minimum absolute atomic E-state index is 0. The normalized spacial score (nSPS) is 12.8. The maximum atomic E-state index is 6.34. The second kappa shape index (κ2) is 12.0. The number of rotatable bonds is 5. The van der Waals surface area contributed by atoms with Gasteiger partial charge in [-0.2, -0.15) is 30.6 Å². The van der Waals surface area contributed by atoms with E-state index in [1.165, 1.54) is 5.56 Å². The molecule has 0 amide bonds. The summed E-state index contributed by atoms with van der Waals surface area (Å²) < 4.78 is 8.51. The Kier molecular flexibility index (Phi) is 7.81. The van der Waals surface area contributed by atoms with Crippen LogP contribution in [0.1, 0.15) is 26.3 Å². The molecule has 4 aromatic heterocycles. The molecule has 8 heteroatoms. The van der Waals surface area contributed by atoms with Crippen molar-refractivity contribution in [1.82, 2.24) is 19.5 Å². The van der Waals surface area contributed by atoms with Crippen LogP contribution in [0.4, 0.5) is 17.1 Å². The van der Waals surface area contributed by atoms with E-state index in [4.69, 9.17) is 9.72 Å². The van der Waals surface area contributed by atoms with Gasteiger partial charge in [0.15, 0.2) is 0 Å². The average molecular weight is 795 g/mol. The van der Waals surface area contributed by atoms with Crippen molar-refractivity contribution in [3.05, 3.63) is 134 Å². The predicted octanol–water partition coefficient (Wildman–Crippen LogP) is 9.03. The van der Waals surface area contributed by atoms with Crippen molar-refractivity contribution in [2.24, 2.45) is 0 Å². The molecule has 47 heavy (non-hydrogen) atoms. The standard InChI is InChI=1S/C39H31N6O.Pt/c1-39(2,3)28-15-18-41-37(21-28)45-33-14-11-26(27-8-7-17-40-24-27)20-32(33)31-13-12-30(23-36(31)45)46-38-22-29(16-19-42-38)44-25-43(4)34-9-5-6-10-35(34)44;/h5-21,24-25H,1-4H3;/q-3;. The number of aromatic nitrogens is 4. The molecule has 0 atom stereocenters. The van der Waals surface area contributed by atoms with E-state index in [1.54, 1.807) is 12.4 Å². The van der Waals surface area contributed by atoms with Gasteiger partial charge in [-0.1, -0.05) is 56.6 Å². The average Bonchev–Trinajstić information content (AvgIpc) is 3.59. The second-order valence-corrected chi connectivity index (χ2v) is 12.5. The number of hydrogen-bond acceptors (Lipinski definition) is 6. The van der Waals surface area contributed by atoms with Gasteiger partial charge in [0.1, 0.15) is 11.7 Å². The summed E-state index contributed by atoms with van der Waals surface area (Å²) in [4.78, 5) is 17.8. The smallest absolute Gasteiger partial charge is 0.135 e. The van der Waals surface area contributed by atoms with Crippen LogP contribution < -0.4 is 14.5 Å². The Bertz CT molecular complexity index is 2240. The predicted molar refractivity (Wildman–Crippen MR) is 184 cm³/mol. The first kappa shape index (κ1) is 30.6. The van der Waals surface area contributed by atoms with Gasteiger partial charge in [-0.15, -0.1) is 17.5 Å². The zero-order valence-electron chi connectivity index (χ0n) is 26.4. The molecular formula is C39H31N6OPt-3. The summed E-state index contributed by atoms with van der Waals surface area (Å²) in [6, 6.07) is 35.9. The van der Waals surface area contributed by atoms with Crippen molar-refractivity contribution >= 4 is 38.9 Å². The minimum Gasteiger partial charge on any atom is -0.504 e. The molecule has 0 radical (unpaired) electrons. The Balaban J connectivity index is 0.00000351. The summed E-state index contributed by atoms with van der Waals surface area (Å²) in [7, 11) is 2.03. The second-order valence-electron chi connectivity index (χ2n) is 12.5. The number of pyridine rings is 3. The first-order chi connectivity index (χ1) is 22.3. The summed E-state index contributed by atoms with van der Waals surface area (Å²) in [5.41, 5.74) is 8.27. The Morgan fingerprint density at radius 1 is 0.766 bits per heavy atom. The number of ether oxygens (including phenoxy) is 1. The summed E-state index contributed by atoms with van der Waals surface area (Å²) >= 11 is 0. The molecule has 7 aromatic rings. The van der Waals surface area contributed by atoms with Crippen LogP contribution >= 0.6 is 0 Å². The Morgan fingerprint density at radius 3 is 2.40 bits per heavy atom. The van der Waals surface area contributed by atoms with Crippen LogP contribution in [0.3, 0.4) is 0 Å². The van der Waals surface area contributed by atoms with Crippen molar-refractivity contribution in [3.8, 4) is 28.6 Å². The molecule has 0 N–H and O–H groups in total. The van der Waals surface area contributed by atoms with Crippen LogP contribution in [-0.4, -0.2) is 26.6 Å². The summed E-state index contributed by atoms with van der Waals surface area (Å²) in [6.07, 6.45) is 7.31. The van der Waals surface area contributed by atoms with Gasteiger partial charge in [-0.25, -0.2) is 4.98 Å². The zero-order valence-corrected chi connectivity index (χ0v) is 28.6. The van der Waals surface area contributed by atoms with Crippen LogP contribution in [0, 0.1) is 18.8 Å². The first-order valence-electron chi connectivity index (χ1n) is 15.2. The van der Waals surface area contributed by atoms with Crippen molar-refractivity contribution in [2.45, 2.75) is 26.2 Å². The fourth-order valence-electron chi connectivity index (χ4n) is 6.05. The van der Waals surface area contributed by atoms with Gasteiger partial charge in [0, 0.05) is 62.3 Å². The number of para-hydroxylation sites is 2. The van der Waals surface area contributed by atoms with E-state index in [0.29, 0.717) is 11.6 Å². The fourth-order valence-corrected chi connectivity index (χ4v) is 6.05. The van der Waals surface area contributed by atoms with Crippen LogP contribution in [0.25, 0.3) is 38.8 Å². The molecule has 0 saturated carbocycles. The third-order valence-electron chi connectivity index (χ3n) is 8.42. The van der Waals surface area contributed by atoms with Gasteiger partial charge in [-0.05, 0) is 77.1 Å². The van der Waals surface area contributed by atoms with Crippen molar-refractivity contribution in [3.63, 3.8) is 0 Å². The largest absolute Gasteiger partial charge is 0.504 e. The molecule has 0 saturated heterocycles. The van der Waals surface area contributed by atoms with E-state index in [0.717, 1.165) is 55.8 Å². The molecule has 0 unspecified atom stereocenters. The van der Waals surface area contributed by atoms with E-state index >= 15 is 0 Å². The molecule has 8 rings (SSSR count). The van der Waals surface area contributed by atoms with E-state index < -0.39 is 0 Å². The zero-order chi connectivity index (χ0) is 31.4. The number of nitrogens with zero attached hydrogens (tertiary/aromatic N) is 6. The third-order valence-corrected chi connectivity index (χ3v) is 8.42. The van der Waals surface area contributed by atoms with Gasteiger partial charge in [0.2, 0.25) is 0 Å². The van der Waals surface area contributed by atoms with Crippen molar-refractivity contribution in [2.75, 3.05) is 16.8 Å². The van der Waals surface area contributed by atoms with E-state index in [9.17, 15) is 0 Å². The van der Waals surface area contributed by atoms with Crippen LogP contribution in [-0.2, 0) is 26.5 Å². The Hall–Kier alpha value is -5.00. The molecule has 236 valence electrons. The molecule has 7 nitrogen and oxygen atoms in total. The van der Waals surface area contributed by atoms with E-state index in [1.807, 2.05) is 56.4 Å². The molecule has 0 bridgehead atoms. The number of benzene rings is 3. The van der Waals surface area contributed by atoms with Crippen LogP contribution in [0.15, 0.2) is 110 Å². The molecule has 0 fully saturated rings.